The summed E-state index contributed by atoms with van der Waals surface area (Å²) in [6, 6.07) is 14.4. The Morgan fingerprint density at radius 1 is 1.12 bits per heavy atom. The van der Waals surface area contributed by atoms with E-state index < -0.39 is 24.3 Å². The van der Waals surface area contributed by atoms with Crippen LogP contribution in [-0.2, 0) is 14.3 Å². The Morgan fingerprint density at radius 2 is 1.85 bits per heavy atom. The van der Waals surface area contributed by atoms with Gasteiger partial charge in [-0.15, -0.1) is 0 Å². The Bertz CT molecular complexity index is 911. The molecule has 0 aliphatic rings. The zero-order chi connectivity index (χ0) is 24.1. The molecule has 0 fully saturated rings. The van der Waals surface area contributed by atoms with Gasteiger partial charge in [-0.1, -0.05) is 42.0 Å². The highest BCUT2D eigenvalue weighted by Gasteiger charge is 2.30. The summed E-state index contributed by atoms with van der Waals surface area (Å²) < 4.78 is 17.4. The molecule has 2 rings (SSSR count). The van der Waals surface area contributed by atoms with Gasteiger partial charge in [0.15, 0.2) is 6.10 Å². The number of amides is 1. The molecule has 8 heteroatoms. The Labute approximate surface area is 193 Å². The van der Waals surface area contributed by atoms with Crippen molar-refractivity contribution < 1.29 is 34.0 Å². The molecular formula is C25H31NO7. The first kappa shape index (κ1) is 25.9. The van der Waals surface area contributed by atoms with E-state index in [2.05, 4.69) is 5.32 Å². The number of aliphatic hydroxyl groups excluding tert-OH is 1. The van der Waals surface area contributed by atoms with Crippen molar-refractivity contribution in [2.75, 3.05) is 25.1 Å². The molecular weight excluding hydrogens is 426 g/mol. The van der Waals surface area contributed by atoms with Gasteiger partial charge in [0, 0.05) is 23.9 Å². The summed E-state index contributed by atoms with van der Waals surface area (Å²) in [6.45, 7) is 4.07. The summed E-state index contributed by atoms with van der Waals surface area (Å²) >= 11 is 0. The van der Waals surface area contributed by atoms with Crippen LogP contribution in [0.3, 0.4) is 0 Å². The van der Waals surface area contributed by atoms with E-state index in [-0.39, 0.29) is 13.2 Å². The Morgan fingerprint density at radius 3 is 2.52 bits per heavy atom. The molecule has 0 spiro atoms. The molecule has 2 aromatic carbocycles. The summed E-state index contributed by atoms with van der Waals surface area (Å²) in [5, 5.41) is 20.7. The minimum Gasteiger partial charge on any atom is -0.491 e. The molecule has 8 nitrogen and oxygen atoms in total. The first-order valence-electron chi connectivity index (χ1n) is 10.8. The maximum atomic E-state index is 12.8. The number of carbonyl (C=O) groups is 2. The van der Waals surface area contributed by atoms with Crippen LogP contribution in [0.25, 0.3) is 0 Å². The standard InChI is InChI=1S/C25H31NO7/c1-3-31-22(10-6-7-11-23(28)29)24(20-8-4-5-9-21(20)32-17-16-27)33-25(30)26-19-14-12-18(2)13-15-19/h4-5,7-9,11-15,22,24,27H,3,6,10,16-17H2,1-2H3,(H,26,30)(H,28,29)/b11-7+/t22-,24-/m1/s1. The number of allylic oxidation sites excluding steroid dienone is 1. The van der Waals surface area contributed by atoms with Crippen LogP contribution in [0.4, 0.5) is 10.5 Å². The van der Waals surface area contributed by atoms with Gasteiger partial charge in [-0.3, -0.25) is 5.32 Å². The van der Waals surface area contributed by atoms with Crippen LogP contribution in [0.5, 0.6) is 5.75 Å². The highest BCUT2D eigenvalue weighted by molar-refractivity contribution is 5.84. The highest BCUT2D eigenvalue weighted by Crippen LogP contribution is 2.34. The van der Waals surface area contributed by atoms with Crippen molar-refractivity contribution in [1.82, 2.24) is 0 Å². The molecule has 178 valence electrons. The number of hydrogen-bond acceptors (Lipinski definition) is 6. The predicted molar refractivity (Wildman–Crippen MR) is 124 cm³/mol. The van der Waals surface area contributed by atoms with Crippen molar-refractivity contribution in [3.8, 4) is 5.75 Å². The summed E-state index contributed by atoms with van der Waals surface area (Å²) in [5.41, 5.74) is 2.24. The van der Waals surface area contributed by atoms with Gasteiger partial charge in [0.05, 0.1) is 12.7 Å². The molecule has 2 aromatic rings. The fourth-order valence-electron chi connectivity index (χ4n) is 3.22. The van der Waals surface area contributed by atoms with E-state index >= 15 is 0 Å². The molecule has 33 heavy (non-hydrogen) atoms. The Balaban J connectivity index is 2.29. The fourth-order valence-corrected chi connectivity index (χ4v) is 3.22. The number of ether oxygens (including phenoxy) is 3. The number of carbonyl (C=O) groups excluding carboxylic acids is 1. The second kappa shape index (κ2) is 13.9. The maximum absolute atomic E-state index is 12.8. The van der Waals surface area contributed by atoms with Crippen LogP contribution >= 0.6 is 0 Å². The molecule has 0 unspecified atom stereocenters. The molecule has 2 atom stereocenters. The van der Waals surface area contributed by atoms with E-state index in [1.54, 1.807) is 36.4 Å². The molecule has 0 saturated heterocycles. The van der Waals surface area contributed by atoms with Crippen molar-refractivity contribution >= 4 is 17.7 Å². The zero-order valence-electron chi connectivity index (χ0n) is 18.9. The van der Waals surface area contributed by atoms with Crippen LogP contribution in [0.2, 0.25) is 0 Å². The Kier molecular flexibility index (Phi) is 10.9. The number of hydrogen-bond donors (Lipinski definition) is 3. The number of rotatable bonds is 13. The summed E-state index contributed by atoms with van der Waals surface area (Å²) in [4.78, 5) is 23.6. The molecule has 0 radical (unpaired) electrons. The van der Waals surface area contributed by atoms with E-state index in [1.807, 2.05) is 26.0 Å². The van der Waals surface area contributed by atoms with Gasteiger partial charge in [0.2, 0.25) is 0 Å². The van der Waals surface area contributed by atoms with Gasteiger partial charge < -0.3 is 24.4 Å². The normalized spacial score (nSPS) is 12.8. The average molecular weight is 458 g/mol. The van der Waals surface area contributed by atoms with E-state index in [9.17, 15) is 9.59 Å². The number of para-hydroxylation sites is 1. The van der Waals surface area contributed by atoms with E-state index in [1.165, 1.54) is 6.08 Å². The summed E-state index contributed by atoms with van der Waals surface area (Å²) in [6.07, 6.45) is 1.38. The molecule has 0 aromatic heterocycles. The van der Waals surface area contributed by atoms with Gasteiger partial charge in [0.1, 0.15) is 12.4 Å². The number of aliphatic carboxylic acids is 1. The van der Waals surface area contributed by atoms with E-state index in [0.29, 0.717) is 36.4 Å². The zero-order valence-corrected chi connectivity index (χ0v) is 18.9. The van der Waals surface area contributed by atoms with Crippen LogP contribution in [0, 0.1) is 6.92 Å². The monoisotopic (exact) mass is 457 g/mol. The quantitative estimate of drug-likeness (QED) is 0.380. The second-order valence-corrected chi connectivity index (χ2v) is 7.24. The number of aliphatic hydroxyl groups is 1. The molecule has 3 N–H and O–H groups in total. The number of carboxylic acids is 1. The van der Waals surface area contributed by atoms with Gasteiger partial charge in [-0.2, -0.15) is 0 Å². The van der Waals surface area contributed by atoms with Crippen LogP contribution in [0.15, 0.2) is 60.7 Å². The molecule has 1 amide bonds. The van der Waals surface area contributed by atoms with Gasteiger partial charge in [-0.05, 0) is 44.9 Å². The Hall–Kier alpha value is -3.36. The lowest BCUT2D eigenvalue weighted by Gasteiger charge is -2.28. The highest BCUT2D eigenvalue weighted by atomic mass is 16.6. The van der Waals surface area contributed by atoms with Crippen LogP contribution in [-0.4, -0.2) is 48.2 Å². The molecule has 0 saturated carbocycles. The van der Waals surface area contributed by atoms with Crippen LogP contribution in [0.1, 0.15) is 37.0 Å². The number of carboxylic acid groups (broad SMARTS) is 1. The lowest BCUT2D eigenvalue weighted by molar-refractivity contribution is -0.131. The third-order valence-corrected chi connectivity index (χ3v) is 4.70. The topological polar surface area (TPSA) is 114 Å². The van der Waals surface area contributed by atoms with Crippen molar-refractivity contribution in [2.45, 2.75) is 38.9 Å². The SMILES string of the molecule is CCO[C@H](CC/C=C/C(=O)O)[C@H](OC(=O)Nc1ccc(C)cc1)c1ccccc1OCCO. The van der Waals surface area contributed by atoms with Crippen molar-refractivity contribution in [1.29, 1.82) is 0 Å². The summed E-state index contributed by atoms with van der Waals surface area (Å²) in [5.74, 6) is -0.568. The van der Waals surface area contributed by atoms with E-state index in [0.717, 1.165) is 11.6 Å². The van der Waals surface area contributed by atoms with Crippen molar-refractivity contribution in [2.24, 2.45) is 0 Å². The van der Waals surface area contributed by atoms with Gasteiger partial charge >= 0.3 is 12.1 Å². The number of nitrogens with one attached hydrogen (secondary N) is 1. The first-order chi connectivity index (χ1) is 15.9. The number of anilines is 1. The molecule has 0 aliphatic carbocycles. The summed E-state index contributed by atoms with van der Waals surface area (Å²) in [7, 11) is 0. The first-order valence-corrected chi connectivity index (χ1v) is 10.8. The lowest BCUT2D eigenvalue weighted by Crippen LogP contribution is -2.29. The fraction of sp³-hybridized carbons (Fsp3) is 0.360. The largest absolute Gasteiger partial charge is 0.491 e. The smallest absolute Gasteiger partial charge is 0.412 e. The van der Waals surface area contributed by atoms with Gasteiger partial charge in [-0.25, -0.2) is 9.59 Å². The second-order valence-electron chi connectivity index (χ2n) is 7.24. The molecule has 0 aliphatic heterocycles. The minimum atomic E-state index is -1.03. The maximum Gasteiger partial charge on any atom is 0.412 e. The van der Waals surface area contributed by atoms with Gasteiger partial charge in [0.25, 0.3) is 0 Å². The lowest BCUT2D eigenvalue weighted by atomic mass is 9.99. The van der Waals surface area contributed by atoms with Crippen molar-refractivity contribution in [3.05, 3.63) is 71.8 Å². The molecule has 0 heterocycles. The molecule has 0 bridgehead atoms. The minimum absolute atomic E-state index is 0.0833. The van der Waals surface area contributed by atoms with Crippen LogP contribution < -0.4 is 10.1 Å². The third-order valence-electron chi connectivity index (χ3n) is 4.70. The average Bonchev–Trinajstić information content (AvgIpc) is 2.80. The predicted octanol–water partition coefficient (Wildman–Crippen LogP) is 4.48. The van der Waals surface area contributed by atoms with E-state index in [4.69, 9.17) is 24.4 Å². The number of aryl methyl sites for hydroxylation is 1. The number of benzene rings is 2. The third kappa shape index (κ3) is 8.96. The van der Waals surface area contributed by atoms with Crippen molar-refractivity contribution in [3.63, 3.8) is 0 Å².